The SMILES string of the molecule is COc1ccccc1CNC(=O)CNC(=O)CNS(=O)(=O)c1ccc(C)c(C)c1. The van der Waals surface area contributed by atoms with Crippen LogP contribution in [0.5, 0.6) is 5.75 Å². The van der Waals surface area contributed by atoms with E-state index in [4.69, 9.17) is 4.74 Å². The van der Waals surface area contributed by atoms with E-state index in [-0.39, 0.29) is 18.0 Å². The molecule has 0 bridgehead atoms. The number of carbonyl (C=O) groups excluding carboxylic acids is 2. The van der Waals surface area contributed by atoms with Gasteiger partial charge in [-0.15, -0.1) is 0 Å². The quantitative estimate of drug-likeness (QED) is 0.562. The van der Waals surface area contributed by atoms with Gasteiger partial charge in [0.05, 0.1) is 25.1 Å². The van der Waals surface area contributed by atoms with E-state index in [2.05, 4.69) is 15.4 Å². The van der Waals surface area contributed by atoms with Crippen molar-refractivity contribution in [2.45, 2.75) is 25.3 Å². The Balaban J connectivity index is 1.78. The second-order valence-corrected chi connectivity index (χ2v) is 8.20. The van der Waals surface area contributed by atoms with Crippen molar-refractivity contribution in [1.82, 2.24) is 15.4 Å². The van der Waals surface area contributed by atoms with E-state index in [0.717, 1.165) is 16.7 Å². The van der Waals surface area contributed by atoms with Crippen LogP contribution in [0.1, 0.15) is 16.7 Å². The summed E-state index contributed by atoms with van der Waals surface area (Å²) >= 11 is 0. The van der Waals surface area contributed by atoms with Crippen molar-refractivity contribution in [3.63, 3.8) is 0 Å². The monoisotopic (exact) mass is 419 g/mol. The lowest BCUT2D eigenvalue weighted by Gasteiger charge is -2.11. The molecule has 0 aromatic heterocycles. The Morgan fingerprint density at radius 1 is 0.931 bits per heavy atom. The molecule has 0 atom stereocenters. The molecule has 9 heteroatoms. The number of hydrogen-bond acceptors (Lipinski definition) is 5. The number of hydrogen-bond donors (Lipinski definition) is 3. The molecule has 0 saturated heterocycles. The van der Waals surface area contributed by atoms with Crippen molar-refractivity contribution in [3.05, 3.63) is 59.2 Å². The molecule has 0 saturated carbocycles. The van der Waals surface area contributed by atoms with Gasteiger partial charge in [0.1, 0.15) is 5.75 Å². The van der Waals surface area contributed by atoms with E-state index < -0.39 is 28.4 Å². The van der Waals surface area contributed by atoms with Gasteiger partial charge in [0.15, 0.2) is 0 Å². The van der Waals surface area contributed by atoms with Gasteiger partial charge in [-0.25, -0.2) is 13.1 Å². The van der Waals surface area contributed by atoms with E-state index in [9.17, 15) is 18.0 Å². The van der Waals surface area contributed by atoms with Gasteiger partial charge in [-0.3, -0.25) is 9.59 Å². The van der Waals surface area contributed by atoms with E-state index in [1.165, 1.54) is 6.07 Å². The predicted octanol–water partition coefficient (Wildman–Crippen LogP) is 1.02. The van der Waals surface area contributed by atoms with Gasteiger partial charge in [-0.05, 0) is 43.2 Å². The Morgan fingerprint density at radius 3 is 2.31 bits per heavy atom. The molecule has 0 unspecified atom stereocenters. The number of methoxy groups -OCH3 is 1. The largest absolute Gasteiger partial charge is 0.496 e. The molecule has 0 fully saturated rings. The highest BCUT2D eigenvalue weighted by Crippen LogP contribution is 2.16. The Labute approximate surface area is 170 Å². The minimum Gasteiger partial charge on any atom is -0.496 e. The van der Waals surface area contributed by atoms with Crippen molar-refractivity contribution >= 4 is 21.8 Å². The summed E-state index contributed by atoms with van der Waals surface area (Å²) in [5.41, 5.74) is 2.61. The first-order valence-electron chi connectivity index (χ1n) is 8.95. The number of carbonyl (C=O) groups is 2. The predicted molar refractivity (Wildman–Crippen MR) is 109 cm³/mol. The maximum absolute atomic E-state index is 12.3. The van der Waals surface area contributed by atoms with E-state index in [1.807, 2.05) is 32.0 Å². The molecular weight excluding hydrogens is 394 g/mol. The molecule has 3 N–H and O–H groups in total. The first-order chi connectivity index (χ1) is 13.7. The van der Waals surface area contributed by atoms with Gasteiger partial charge in [-0.2, -0.15) is 0 Å². The van der Waals surface area contributed by atoms with E-state index >= 15 is 0 Å². The Hall–Kier alpha value is -2.91. The third-order valence-corrected chi connectivity index (χ3v) is 5.72. The van der Waals surface area contributed by atoms with E-state index in [1.54, 1.807) is 25.3 Å². The third-order valence-electron chi connectivity index (χ3n) is 4.33. The molecule has 2 aromatic carbocycles. The molecule has 156 valence electrons. The molecule has 0 aliphatic rings. The maximum atomic E-state index is 12.3. The number of benzene rings is 2. The average Bonchev–Trinajstić information content (AvgIpc) is 2.71. The number of aryl methyl sites for hydroxylation is 2. The summed E-state index contributed by atoms with van der Waals surface area (Å²) < 4.78 is 32.0. The lowest BCUT2D eigenvalue weighted by atomic mass is 10.1. The fourth-order valence-corrected chi connectivity index (χ4v) is 3.54. The van der Waals surface area contributed by atoms with Gasteiger partial charge in [-0.1, -0.05) is 24.3 Å². The molecule has 0 aliphatic heterocycles. The van der Waals surface area contributed by atoms with Crippen LogP contribution in [-0.2, 0) is 26.2 Å². The lowest BCUT2D eigenvalue weighted by Crippen LogP contribution is -2.41. The maximum Gasteiger partial charge on any atom is 0.241 e. The van der Waals surface area contributed by atoms with Crippen LogP contribution in [0.15, 0.2) is 47.4 Å². The summed E-state index contributed by atoms with van der Waals surface area (Å²) in [4.78, 5) is 23.9. The Kier molecular flexibility index (Phi) is 7.74. The van der Waals surface area contributed by atoms with Gasteiger partial charge in [0.2, 0.25) is 21.8 Å². The lowest BCUT2D eigenvalue weighted by molar-refractivity contribution is -0.125. The smallest absolute Gasteiger partial charge is 0.241 e. The second kappa shape index (κ2) is 10.0. The molecule has 2 aromatic rings. The summed E-state index contributed by atoms with van der Waals surface area (Å²) in [6, 6.07) is 12.0. The van der Waals surface area contributed by atoms with E-state index in [0.29, 0.717) is 5.75 Å². The Bertz CT molecular complexity index is 989. The normalized spacial score (nSPS) is 11.0. The molecule has 2 amide bonds. The van der Waals surface area contributed by atoms with Crippen LogP contribution in [0.25, 0.3) is 0 Å². The second-order valence-electron chi connectivity index (χ2n) is 6.44. The van der Waals surface area contributed by atoms with Gasteiger partial charge >= 0.3 is 0 Å². The fourth-order valence-electron chi connectivity index (χ4n) is 2.47. The van der Waals surface area contributed by atoms with Crippen LogP contribution in [0.4, 0.5) is 0 Å². The van der Waals surface area contributed by atoms with Crippen molar-refractivity contribution < 1.29 is 22.7 Å². The van der Waals surface area contributed by atoms with Gasteiger partial charge in [0.25, 0.3) is 0 Å². The number of nitrogens with one attached hydrogen (secondary N) is 3. The molecule has 0 radical (unpaired) electrons. The van der Waals surface area contributed by atoms with Crippen molar-refractivity contribution in [3.8, 4) is 5.75 Å². The molecule has 0 spiro atoms. The first kappa shape index (κ1) is 22.4. The van der Waals surface area contributed by atoms with Crippen LogP contribution < -0.4 is 20.1 Å². The zero-order valence-corrected chi connectivity index (χ0v) is 17.4. The minimum atomic E-state index is -3.81. The number of sulfonamides is 1. The molecule has 8 nitrogen and oxygen atoms in total. The standard InChI is InChI=1S/C20H25N3O5S/c1-14-8-9-17(10-15(14)2)29(26,27)23-13-20(25)22-12-19(24)21-11-16-6-4-5-7-18(16)28-3/h4-10,23H,11-13H2,1-3H3,(H,21,24)(H,22,25). The number of para-hydroxylation sites is 1. The number of amides is 2. The highest BCUT2D eigenvalue weighted by Gasteiger charge is 2.16. The van der Waals surface area contributed by atoms with Crippen LogP contribution in [0.2, 0.25) is 0 Å². The zero-order valence-electron chi connectivity index (χ0n) is 16.6. The molecule has 0 aliphatic carbocycles. The van der Waals surface area contributed by atoms with Crippen LogP contribution in [-0.4, -0.2) is 40.4 Å². The summed E-state index contributed by atoms with van der Waals surface area (Å²) in [5.74, 6) is -0.358. The molecule has 2 rings (SSSR count). The Morgan fingerprint density at radius 2 is 1.62 bits per heavy atom. The number of rotatable bonds is 9. The van der Waals surface area contributed by atoms with Crippen molar-refractivity contribution in [1.29, 1.82) is 0 Å². The summed E-state index contributed by atoms with van der Waals surface area (Å²) in [6.45, 7) is 3.21. The summed E-state index contributed by atoms with van der Waals surface area (Å²) in [7, 11) is -2.27. The molecule has 29 heavy (non-hydrogen) atoms. The molecular formula is C20H25N3O5S. The van der Waals surface area contributed by atoms with Crippen molar-refractivity contribution in [2.75, 3.05) is 20.2 Å². The van der Waals surface area contributed by atoms with Gasteiger partial charge in [0, 0.05) is 12.1 Å². The van der Waals surface area contributed by atoms with Crippen LogP contribution >= 0.6 is 0 Å². The number of ether oxygens (including phenoxy) is 1. The summed E-state index contributed by atoms with van der Waals surface area (Å²) in [5, 5.41) is 5.05. The summed E-state index contributed by atoms with van der Waals surface area (Å²) in [6.07, 6.45) is 0. The first-order valence-corrected chi connectivity index (χ1v) is 10.4. The molecule has 0 heterocycles. The van der Waals surface area contributed by atoms with Crippen molar-refractivity contribution in [2.24, 2.45) is 0 Å². The highest BCUT2D eigenvalue weighted by atomic mass is 32.2. The van der Waals surface area contributed by atoms with Gasteiger partial charge < -0.3 is 15.4 Å². The fraction of sp³-hybridized carbons (Fsp3) is 0.300. The van der Waals surface area contributed by atoms with Crippen LogP contribution in [0, 0.1) is 13.8 Å². The zero-order chi connectivity index (χ0) is 21.4. The topological polar surface area (TPSA) is 114 Å². The third kappa shape index (κ3) is 6.58. The minimum absolute atomic E-state index is 0.0861. The average molecular weight is 420 g/mol. The highest BCUT2D eigenvalue weighted by molar-refractivity contribution is 7.89. The van der Waals surface area contributed by atoms with Crippen LogP contribution in [0.3, 0.4) is 0 Å².